The van der Waals surface area contributed by atoms with Gasteiger partial charge in [0, 0.05) is 37.5 Å². The molecule has 0 unspecified atom stereocenters. The van der Waals surface area contributed by atoms with Gasteiger partial charge in [0.25, 0.3) is 0 Å². The van der Waals surface area contributed by atoms with Gasteiger partial charge in [-0.05, 0) is 18.5 Å². The summed E-state index contributed by atoms with van der Waals surface area (Å²) in [5.74, 6) is 0.470. The van der Waals surface area contributed by atoms with Gasteiger partial charge in [0.15, 0.2) is 0 Å². The summed E-state index contributed by atoms with van der Waals surface area (Å²) in [6, 6.07) is 2.07. The molecule has 0 aromatic carbocycles. The molecule has 0 saturated carbocycles. The fraction of sp³-hybridized carbons (Fsp3) is 0.417. The fourth-order valence-electron chi connectivity index (χ4n) is 1.62. The van der Waals surface area contributed by atoms with Crippen LogP contribution in [0.5, 0.6) is 0 Å². The van der Waals surface area contributed by atoms with Crippen molar-refractivity contribution < 1.29 is 20.4 Å². The topological polar surface area (TPSA) is 43.3 Å². The Bertz CT molecular complexity index is 488. The van der Waals surface area contributed by atoms with Crippen LogP contribution in [0.4, 0.5) is 5.69 Å². The van der Waals surface area contributed by atoms with E-state index in [4.69, 9.17) is 5.73 Å². The van der Waals surface area contributed by atoms with Crippen molar-refractivity contribution >= 4 is 11.3 Å². The number of hydrogen-bond acceptors (Lipinski definition) is 2. The molecular weight excluding hydrogens is 372 g/mol. The van der Waals surface area contributed by atoms with Crippen molar-refractivity contribution in [3.8, 4) is 0 Å². The molecule has 1 radical (unpaired) electrons. The van der Waals surface area contributed by atoms with Crippen molar-refractivity contribution in [3.05, 3.63) is 29.7 Å². The largest absolute Gasteiger partial charge is 0.433 e. The van der Waals surface area contributed by atoms with E-state index >= 15 is 0 Å². The molecule has 0 amide bonds. The first kappa shape index (κ1) is 13.2. The van der Waals surface area contributed by atoms with Crippen LogP contribution in [-0.4, -0.2) is 9.38 Å². The van der Waals surface area contributed by atoms with Gasteiger partial charge in [-0.15, -0.1) is 11.6 Å². The number of fused-ring (bicyclic) bond motifs is 1. The number of nitrogens with zero attached hydrogens (tertiary/aromatic N) is 2. The van der Waals surface area contributed by atoms with E-state index in [1.165, 1.54) is 5.56 Å². The van der Waals surface area contributed by atoms with Crippen LogP contribution in [0.3, 0.4) is 0 Å². The number of nitrogens with two attached hydrogens (primary N) is 1. The van der Waals surface area contributed by atoms with Crippen molar-refractivity contribution in [1.82, 2.24) is 9.38 Å². The van der Waals surface area contributed by atoms with Crippen LogP contribution in [0.2, 0.25) is 0 Å². The molecule has 0 atom stereocenters. The second-order valence-electron chi connectivity index (χ2n) is 4.09. The molecule has 0 aliphatic heterocycles. The number of aromatic nitrogens is 2. The fourth-order valence-corrected chi connectivity index (χ4v) is 1.62. The Hall–Kier alpha value is -0.848. The molecule has 0 fully saturated rings. The van der Waals surface area contributed by atoms with Gasteiger partial charge in [-0.2, -0.15) is 0 Å². The van der Waals surface area contributed by atoms with E-state index < -0.39 is 0 Å². The second-order valence-corrected chi connectivity index (χ2v) is 4.09. The minimum Gasteiger partial charge on any atom is -0.433 e. The van der Waals surface area contributed by atoms with E-state index in [9.17, 15) is 0 Å². The molecule has 0 spiro atoms. The molecule has 2 aromatic rings. The van der Waals surface area contributed by atoms with Crippen LogP contribution >= 0.6 is 0 Å². The molecule has 0 aliphatic carbocycles. The van der Waals surface area contributed by atoms with E-state index in [0.29, 0.717) is 5.92 Å². The summed E-state index contributed by atoms with van der Waals surface area (Å²) in [7, 11) is 0. The number of anilines is 1. The summed E-state index contributed by atoms with van der Waals surface area (Å²) in [4.78, 5) is 4.50. The number of nitrogen functional groups attached to an aromatic ring is 1. The van der Waals surface area contributed by atoms with Crippen molar-refractivity contribution in [2.45, 2.75) is 33.1 Å². The van der Waals surface area contributed by atoms with Crippen molar-refractivity contribution in [2.24, 2.45) is 0 Å². The van der Waals surface area contributed by atoms with Crippen molar-refractivity contribution in [3.63, 3.8) is 0 Å². The molecule has 0 aliphatic rings. The first-order valence-electron chi connectivity index (χ1n) is 5.31. The number of hydrogen-bond donors (Lipinski definition) is 1. The summed E-state index contributed by atoms with van der Waals surface area (Å²) < 4.78 is 1.88. The summed E-state index contributed by atoms with van der Waals surface area (Å²) in [5, 5.41) is 0. The smallest absolute Gasteiger partial charge is 0.0450 e. The van der Waals surface area contributed by atoms with Crippen LogP contribution in [-0.2, 0) is 26.8 Å². The Labute approximate surface area is 110 Å². The third-order valence-electron chi connectivity index (χ3n) is 2.59. The maximum Gasteiger partial charge on any atom is 0.0450 e. The van der Waals surface area contributed by atoms with Gasteiger partial charge in [-0.1, -0.05) is 27.0 Å². The van der Waals surface area contributed by atoms with Crippen LogP contribution in [0.15, 0.2) is 12.3 Å². The normalized spacial score (nSPS) is 10.8. The quantitative estimate of drug-likeness (QED) is 0.803. The summed E-state index contributed by atoms with van der Waals surface area (Å²) in [5.41, 5.74) is 9.70. The summed E-state index contributed by atoms with van der Waals surface area (Å²) in [6.45, 7) is 6.36. The molecule has 2 rings (SSSR count). The average Bonchev–Trinajstić information content (AvgIpc) is 2.59. The molecule has 4 heteroatoms. The Balaban J connectivity index is 0.00000128. The van der Waals surface area contributed by atoms with Gasteiger partial charge in [0.05, 0.1) is 0 Å². The zero-order chi connectivity index (χ0) is 11.0. The van der Waals surface area contributed by atoms with Crippen LogP contribution < -0.4 is 5.73 Å². The van der Waals surface area contributed by atoms with Crippen molar-refractivity contribution in [1.29, 1.82) is 0 Å². The van der Waals surface area contributed by atoms with Crippen LogP contribution in [0.25, 0.3) is 5.65 Å². The average molecular weight is 388 g/mol. The Morgan fingerprint density at radius 2 is 2.19 bits per heavy atom. The van der Waals surface area contributed by atoms with Gasteiger partial charge in [-0.25, -0.2) is 0 Å². The molecule has 2 heterocycles. The molecule has 2 aromatic heterocycles. The van der Waals surface area contributed by atoms with Gasteiger partial charge in [-0.3, -0.25) is 4.98 Å². The summed E-state index contributed by atoms with van der Waals surface area (Å²) >= 11 is 0. The predicted octanol–water partition coefficient (Wildman–Crippen LogP) is 2.40. The van der Waals surface area contributed by atoms with E-state index in [1.807, 2.05) is 10.6 Å². The van der Waals surface area contributed by atoms with Gasteiger partial charge in [0.2, 0.25) is 0 Å². The monoisotopic (exact) mass is 389 g/mol. The van der Waals surface area contributed by atoms with Gasteiger partial charge in [0.1, 0.15) is 0 Å². The Morgan fingerprint density at radius 1 is 1.50 bits per heavy atom. The molecule has 0 saturated heterocycles. The maximum absolute atomic E-state index is 5.88. The molecule has 2 N–H and O–H groups in total. The van der Waals surface area contributed by atoms with Crippen LogP contribution in [0.1, 0.15) is 37.9 Å². The predicted molar refractivity (Wildman–Crippen MR) is 61.9 cm³/mol. The minimum absolute atomic E-state index is 0. The Morgan fingerprint density at radius 3 is 2.75 bits per heavy atom. The minimum atomic E-state index is 0. The number of aryl methyl sites for hydroxylation is 1. The van der Waals surface area contributed by atoms with E-state index in [1.54, 1.807) is 0 Å². The van der Waals surface area contributed by atoms with E-state index in [-0.39, 0.29) is 20.4 Å². The zero-order valence-electron chi connectivity index (χ0n) is 9.79. The van der Waals surface area contributed by atoms with Crippen molar-refractivity contribution in [2.75, 3.05) is 5.73 Å². The van der Waals surface area contributed by atoms with Gasteiger partial charge < -0.3 is 10.1 Å². The Kier molecular flexibility index (Phi) is 4.12. The molecule has 16 heavy (non-hydrogen) atoms. The summed E-state index contributed by atoms with van der Waals surface area (Å²) in [6.07, 6.45) is 6.02. The van der Waals surface area contributed by atoms with Gasteiger partial charge >= 0.3 is 0 Å². The standard InChI is InChI=1S/C12H16N3.Re/c1-4-11-10(13)7-15-6-9(8(2)3)5-12(15)14-11;/h5,7-8H,4,13H2,1-3H3;/q-1;. The first-order valence-corrected chi connectivity index (χ1v) is 5.31. The zero-order valence-corrected chi connectivity index (χ0v) is 12.5. The van der Waals surface area contributed by atoms with Crippen LogP contribution in [0, 0.1) is 6.20 Å². The van der Waals surface area contributed by atoms with E-state index in [0.717, 1.165) is 23.4 Å². The molecular formula is C12H16N3Re-. The maximum atomic E-state index is 5.88. The number of rotatable bonds is 2. The third kappa shape index (κ3) is 2.29. The molecule has 0 bridgehead atoms. The van der Waals surface area contributed by atoms with E-state index in [2.05, 4.69) is 38.0 Å². The molecule has 3 nitrogen and oxygen atoms in total. The molecule has 87 valence electrons. The first-order chi connectivity index (χ1) is 7.11. The SMILES string of the molecule is CCc1nc2cc(C(C)C)[c-]n2cc1N.[Re]. The third-order valence-corrected chi connectivity index (χ3v) is 2.59. The second kappa shape index (κ2) is 4.99.